The monoisotopic (exact) mass is 446 g/mol. The standard InChI is InChI=1S/C20H32O7P2/c1-2-3-4-5-6-7-8-9-10-11-12-13-14-15-16-17-18-19-20-25-28(21,22)27-29(23,24)26-20/h3-4,6-7,9-10,12-13,15-16,20H,2,5,8,11,14,17-19H2,1H3,(H,21,22)(H,23,24)/b4-3-,7-6-,10-9-,13-12-,16-15-. The zero-order valence-electron chi connectivity index (χ0n) is 16.8. The molecule has 1 saturated heterocycles. The van der Waals surface area contributed by atoms with Crippen LogP contribution < -0.4 is 0 Å². The Labute approximate surface area is 173 Å². The van der Waals surface area contributed by atoms with Crippen LogP contribution in [0.1, 0.15) is 58.3 Å². The van der Waals surface area contributed by atoms with Crippen LogP contribution in [-0.2, 0) is 22.5 Å². The maximum absolute atomic E-state index is 11.3. The molecule has 0 aromatic heterocycles. The third-order valence-corrected chi connectivity index (χ3v) is 6.33. The van der Waals surface area contributed by atoms with Gasteiger partial charge in [0.15, 0.2) is 6.29 Å². The van der Waals surface area contributed by atoms with E-state index < -0.39 is 21.9 Å². The molecule has 164 valence electrons. The molecule has 1 heterocycles. The van der Waals surface area contributed by atoms with Crippen LogP contribution in [-0.4, -0.2) is 16.1 Å². The number of rotatable bonds is 13. The maximum Gasteiger partial charge on any atom is 0.483 e. The van der Waals surface area contributed by atoms with Crippen molar-refractivity contribution in [3.63, 3.8) is 0 Å². The van der Waals surface area contributed by atoms with Crippen LogP contribution in [0.25, 0.3) is 0 Å². The molecule has 0 saturated carbocycles. The van der Waals surface area contributed by atoms with E-state index in [4.69, 9.17) is 0 Å². The lowest BCUT2D eigenvalue weighted by atomic mass is 10.2. The van der Waals surface area contributed by atoms with Crippen molar-refractivity contribution in [2.45, 2.75) is 64.6 Å². The first kappa shape index (κ1) is 26.0. The quantitative estimate of drug-likeness (QED) is 0.189. The fourth-order valence-electron chi connectivity index (χ4n) is 2.36. The molecular formula is C20H32O7P2. The van der Waals surface area contributed by atoms with Crippen molar-refractivity contribution in [2.75, 3.05) is 0 Å². The van der Waals surface area contributed by atoms with Crippen molar-refractivity contribution in [1.29, 1.82) is 0 Å². The molecule has 0 spiro atoms. The van der Waals surface area contributed by atoms with Crippen molar-refractivity contribution in [3.05, 3.63) is 60.8 Å². The summed E-state index contributed by atoms with van der Waals surface area (Å²) in [6, 6.07) is 0. The summed E-state index contributed by atoms with van der Waals surface area (Å²) < 4.78 is 35.8. The highest BCUT2D eigenvalue weighted by molar-refractivity contribution is 7.61. The molecule has 1 aliphatic rings. The van der Waals surface area contributed by atoms with E-state index >= 15 is 0 Å². The Morgan fingerprint density at radius 3 is 1.59 bits per heavy atom. The Morgan fingerprint density at radius 1 is 0.724 bits per heavy atom. The Hall–Kier alpha value is -1.04. The Kier molecular flexibility index (Phi) is 13.3. The highest BCUT2D eigenvalue weighted by atomic mass is 31.3. The Bertz CT molecular complexity index is 671. The summed E-state index contributed by atoms with van der Waals surface area (Å²) in [7, 11) is -9.07. The van der Waals surface area contributed by atoms with Gasteiger partial charge < -0.3 is 9.79 Å². The van der Waals surface area contributed by atoms with E-state index in [1.54, 1.807) is 0 Å². The lowest BCUT2D eigenvalue weighted by Gasteiger charge is -2.28. The lowest BCUT2D eigenvalue weighted by Crippen LogP contribution is -2.20. The predicted octanol–water partition coefficient (Wildman–Crippen LogP) is 6.50. The van der Waals surface area contributed by atoms with Gasteiger partial charge in [-0.05, 0) is 51.4 Å². The largest absolute Gasteiger partial charge is 0.483 e. The molecule has 1 aliphatic heterocycles. The van der Waals surface area contributed by atoms with Gasteiger partial charge in [-0.25, -0.2) is 9.13 Å². The van der Waals surface area contributed by atoms with Gasteiger partial charge in [0, 0.05) is 0 Å². The summed E-state index contributed by atoms with van der Waals surface area (Å²) in [6.45, 7) is 2.13. The molecule has 0 bridgehead atoms. The van der Waals surface area contributed by atoms with Crippen LogP contribution in [0.5, 0.6) is 0 Å². The smallest absolute Gasteiger partial charge is 0.302 e. The molecule has 0 aliphatic carbocycles. The third kappa shape index (κ3) is 14.6. The molecule has 2 unspecified atom stereocenters. The maximum atomic E-state index is 11.3. The molecule has 1 fully saturated rings. The van der Waals surface area contributed by atoms with Gasteiger partial charge in [0.25, 0.3) is 0 Å². The molecule has 0 amide bonds. The van der Waals surface area contributed by atoms with E-state index in [0.29, 0.717) is 12.8 Å². The minimum atomic E-state index is -4.53. The zero-order valence-corrected chi connectivity index (χ0v) is 18.6. The van der Waals surface area contributed by atoms with E-state index in [2.05, 4.69) is 68.9 Å². The van der Waals surface area contributed by atoms with Gasteiger partial charge in [-0.2, -0.15) is 4.31 Å². The highest BCUT2D eigenvalue weighted by Gasteiger charge is 2.45. The number of allylic oxidation sites excluding steroid dienone is 10. The average Bonchev–Trinajstić information content (AvgIpc) is 2.61. The van der Waals surface area contributed by atoms with Gasteiger partial charge in [0.1, 0.15) is 0 Å². The third-order valence-electron chi connectivity index (χ3n) is 3.68. The molecule has 0 aromatic carbocycles. The molecule has 0 aromatic rings. The molecule has 9 heteroatoms. The van der Waals surface area contributed by atoms with E-state index in [1.165, 1.54) is 0 Å². The van der Waals surface area contributed by atoms with Crippen LogP contribution in [0.2, 0.25) is 0 Å². The summed E-state index contributed by atoms with van der Waals surface area (Å²) in [5.74, 6) is 0. The van der Waals surface area contributed by atoms with Gasteiger partial charge in [0.05, 0.1) is 0 Å². The zero-order chi connectivity index (χ0) is 21.4. The van der Waals surface area contributed by atoms with Crippen molar-refractivity contribution >= 4 is 15.6 Å². The topological polar surface area (TPSA) is 102 Å². The van der Waals surface area contributed by atoms with Crippen molar-refractivity contribution < 1.29 is 32.3 Å². The van der Waals surface area contributed by atoms with Crippen LogP contribution >= 0.6 is 15.6 Å². The minimum absolute atomic E-state index is 0.215. The summed E-state index contributed by atoms with van der Waals surface area (Å²) in [5, 5.41) is 0. The summed E-state index contributed by atoms with van der Waals surface area (Å²) >= 11 is 0. The fourth-order valence-corrected chi connectivity index (χ4v) is 4.67. The van der Waals surface area contributed by atoms with Crippen molar-refractivity contribution in [1.82, 2.24) is 0 Å². The molecule has 1 rings (SSSR count). The second kappa shape index (κ2) is 14.9. The fraction of sp³-hybridized carbons (Fsp3) is 0.500. The second-order valence-corrected chi connectivity index (χ2v) is 9.25. The number of phosphoric acid groups is 2. The SMILES string of the molecule is CC/C=C\C/C=C\C/C=C\C/C=C\C/C=C\CCCC1OP(=O)(O)OP(=O)(O)O1. The summed E-state index contributed by atoms with van der Waals surface area (Å²) in [4.78, 5) is 18.4. The summed E-state index contributed by atoms with van der Waals surface area (Å²) in [6.07, 6.45) is 26.2. The molecule has 2 N–H and O–H groups in total. The van der Waals surface area contributed by atoms with Crippen LogP contribution in [0, 0.1) is 0 Å². The first-order valence-electron chi connectivity index (χ1n) is 9.83. The molecule has 7 nitrogen and oxygen atoms in total. The minimum Gasteiger partial charge on any atom is -0.302 e. The molecular weight excluding hydrogens is 414 g/mol. The normalized spacial score (nSPS) is 28.7. The number of hydrogen-bond donors (Lipinski definition) is 2. The van der Waals surface area contributed by atoms with Gasteiger partial charge in [0.2, 0.25) is 0 Å². The van der Waals surface area contributed by atoms with E-state index in [1.807, 2.05) is 12.2 Å². The Morgan fingerprint density at radius 2 is 1.14 bits per heavy atom. The van der Waals surface area contributed by atoms with Gasteiger partial charge in [-0.1, -0.05) is 67.7 Å². The summed E-state index contributed by atoms with van der Waals surface area (Å²) in [5.41, 5.74) is 0. The van der Waals surface area contributed by atoms with Crippen molar-refractivity contribution in [3.8, 4) is 0 Å². The van der Waals surface area contributed by atoms with E-state index in [-0.39, 0.29) is 6.42 Å². The number of unbranched alkanes of at least 4 members (excludes halogenated alkanes) is 1. The number of hydrogen-bond acceptors (Lipinski definition) is 5. The Balaban J connectivity index is 2.06. The van der Waals surface area contributed by atoms with Crippen molar-refractivity contribution in [2.24, 2.45) is 0 Å². The van der Waals surface area contributed by atoms with Gasteiger partial charge in [-0.15, -0.1) is 0 Å². The van der Waals surface area contributed by atoms with Crippen LogP contribution in [0.4, 0.5) is 0 Å². The van der Waals surface area contributed by atoms with Crippen LogP contribution in [0.3, 0.4) is 0 Å². The van der Waals surface area contributed by atoms with E-state index in [0.717, 1.165) is 32.1 Å². The predicted molar refractivity (Wildman–Crippen MR) is 115 cm³/mol. The van der Waals surface area contributed by atoms with Gasteiger partial charge in [-0.3, -0.25) is 9.05 Å². The van der Waals surface area contributed by atoms with Crippen LogP contribution in [0.15, 0.2) is 60.8 Å². The number of phosphoric ester groups is 2. The first-order chi connectivity index (χ1) is 13.8. The molecule has 29 heavy (non-hydrogen) atoms. The first-order valence-corrected chi connectivity index (χ1v) is 12.8. The molecule has 2 atom stereocenters. The lowest BCUT2D eigenvalue weighted by molar-refractivity contribution is -0.0634. The molecule has 0 radical (unpaired) electrons. The average molecular weight is 446 g/mol. The van der Waals surface area contributed by atoms with E-state index in [9.17, 15) is 18.9 Å². The van der Waals surface area contributed by atoms with Gasteiger partial charge >= 0.3 is 15.6 Å². The highest BCUT2D eigenvalue weighted by Crippen LogP contribution is 2.66. The second-order valence-electron chi connectivity index (χ2n) is 6.30.